The van der Waals surface area contributed by atoms with Crippen molar-refractivity contribution in [3.63, 3.8) is 0 Å². The van der Waals surface area contributed by atoms with E-state index in [2.05, 4.69) is 46.5 Å². The molecule has 1 amide bonds. The minimum Gasteiger partial charge on any atom is -0.484 e. The van der Waals surface area contributed by atoms with Gasteiger partial charge in [-0.05, 0) is 30.7 Å². The number of hydrogen-bond donors (Lipinski definition) is 2. The molecule has 31 heavy (non-hydrogen) atoms. The van der Waals surface area contributed by atoms with Gasteiger partial charge in [-0.15, -0.1) is 0 Å². The van der Waals surface area contributed by atoms with Crippen molar-refractivity contribution in [3.05, 3.63) is 35.5 Å². The maximum absolute atomic E-state index is 12.1. The number of aromatic nitrogens is 4. The first kappa shape index (κ1) is 23.1. The first-order chi connectivity index (χ1) is 15.0. The molecular weight excluding hydrogens is 436 g/mol. The molecular formula is C21H27ClN6O2S. The van der Waals surface area contributed by atoms with Crippen molar-refractivity contribution in [2.45, 2.75) is 44.1 Å². The van der Waals surface area contributed by atoms with Crippen LogP contribution in [0.2, 0.25) is 5.02 Å². The molecule has 2 aromatic heterocycles. The molecule has 0 bridgehead atoms. The lowest BCUT2D eigenvalue weighted by atomic mass is 10.3. The Bertz CT molecular complexity index is 1010. The summed E-state index contributed by atoms with van der Waals surface area (Å²) in [6.45, 7) is 7.99. The van der Waals surface area contributed by atoms with E-state index in [1.54, 1.807) is 46.9 Å². The van der Waals surface area contributed by atoms with Crippen LogP contribution in [-0.4, -0.2) is 50.6 Å². The summed E-state index contributed by atoms with van der Waals surface area (Å²) in [5.41, 5.74) is 0.753. The Hall–Kier alpha value is -2.52. The van der Waals surface area contributed by atoms with Gasteiger partial charge in [-0.2, -0.15) is 5.10 Å². The lowest BCUT2D eigenvalue weighted by Gasteiger charge is -2.10. The normalized spacial score (nSPS) is 11.1. The van der Waals surface area contributed by atoms with E-state index >= 15 is 0 Å². The van der Waals surface area contributed by atoms with Gasteiger partial charge in [-0.25, -0.2) is 14.6 Å². The van der Waals surface area contributed by atoms with Gasteiger partial charge >= 0.3 is 0 Å². The smallest absolute Gasteiger partial charge is 0.258 e. The summed E-state index contributed by atoms with van der Waals surface area (Å²) in [5, 5.41) is 13.2. The monoisotopic (exact) mass is 462 g/mol. The number of carbonyl (C=O) groups excluding carboxylic acids is 1. The van der Waals surface area contributed by atoms with Gasteiger partial charge in [0.05, 0.1) is 18.1 Å². The summed E-state index contributed by atoms with van der Waals surface area (Å²) < 4.78 is 7.25. The highest BCUT2D eigenvalue weighted by Gasteiger charge is 2.14. The molecule has 0 atom stereocenters. The average Bonchev–Trinajstić information content (AvgIpc) is 3.14. The van der Waals surface area contributed by atoms with Crippen LogP contribution in [0.4, 0.5) is 5.82 Å². The molecule has 0 aliphatic rings. The largest absolute Gasteiger partial charge is 0.484 e. The van der Waals surface area contributed by atoms with Crippen LogP contribution < -0.4 is 15.4 Å². The van der Waals surface area contributed by atoms with Crippen LogP contribution in [0.5, 0.6) is 5.75 Å². The molecule has 0 saturated carbocycles. The summed E-state index contributed by atoms with van der Waals surface area (Å²) in [4.78, 5) is 21.4. The number of fused-ring (bicyclic) bond motifs is 1. The molecule has 0 aliphatic carbocycles. The van der Waals surface area contributed by atoms with Gasteiger partial charge in [0.1, 0.15) is 11.6 Å². The minimum absolute atomic E-state index is 0.0656. The fourth-order valence-electron chi connectivity index (χ4n) is 2.77. The Balaban J connectivity index is 1.61. The van der Waals surface area contributed by atoms with Gasteiger partial charge in [0.15, 0.2) is 17.4 Å². The Labute approximate surface area is 191 Å². The molecule has 10 heteroatoms. The highest BCUT2D eigenvalue weighted by atomic mass is 35.5. The van der Waals surface area contributed by atoms with Gasteiger partial charge in [-0.3, -0.25) is 4.79 Å². The predicted molar refractivity (Wildman–Crippen MR) is 125 cm³/mol. The summed E-state index contributed by atoms with van der Waals surface area (Å²) in [5.74, 6) is 1.18. The van der Waals surface area contributed by atoms with Crippen molar-refractivity contribution in [3.8, 4) is 5.75 Å². The van der Waals surface area contributed by atoms with E-state index in [0.29, 0.717) is 34.3 Å². The van der Waals surface area contributed by atoms with Crippen LogP contribution in [-0.2, 0) is 11.3 Å². The number of carbonyl (C=O) groups is 1. The molecule has 3 rings (SSSR count). The average molecular weight is 463 g/mol. The third-order valence-corrected chi connectivity index (χ3v) is 5.31. The highest BCUT2D eigenvalue weighted by Crippen LogP contribution is 2.26. The number of anilines is 1. The van der Waals surface area contributed by atoms with E-state index < -0.39 is 0 Å². The van der Waals surface area contributed by atoms with Crippen LogP contribution >= 0.6 is 23.4 Å². The van der Waals surface area contributed by atoms with Gasteiger partial charge in [0.2, 0.25) is 0 Å². The fraction of sp³-hybridized carbons (Fsp3) is 0.429. The fourth-order valence-corrected chi connectivity index (χ4v) is 3.60. The molecule has 8 nitrogen and oxygen atoms in total. The Morgan fingerprint density at radius 3 is 2.71 bits per heavy atom. The molecule has 0 fully saturated rings. The second-order valence-electron chi connectivity index (χ2n) is 7.15. The van der Waals surface area contributed by atoms with Crippen molar-refractivity contribution >= 4 is 46.1 Å². The van der Waals surface area contributed by atoms with Crippen LogP contribution in [0, 0.1) is 0 Å². The molecule has 0 spiro atoms. The number of nitrogens with zero attached hydrogens (tertiary/aromatic N) is 4. The number of nitrogens with one attached hydrogen (secondary N) is 2. The summed E-state index contributed by atoms with van der Waals surface area (Å²) in [6, 6.07) is 6.88. The maximum Gasteiger partial charge on any atom is 0.258 e. The first-order valence-corrected chi connectivity index (χ1v) is 11.5. The second kappa shape index (κ2) is 11.2. The van der Waals surface area contributed by atoms with Gasteiger partial charge in [-0.1, -0.05) is 44.1 Å². The molecule has 2 heterocycles. The zero-order valence-electron chi connectivity index (χ0n) is 17.9. The van der Waals surface area contributed by atoms with Gasteiger partial charge in [0.25, 0.3) is 5.91 Å². The van der Waals surface area contributed by atoms with Crippen LogP contribution in [0.25, 0.3) is 11.0 Å². The summed E-state index contributed by atoms with van der Waals surface area (Å²) in [7, 11) is 0. The van der Waals surface area contributed by atoms with E-state index in [1.807, 2.05) is 0 Å². The number of halogens is 1. The SMILES string of the molecule is CCCNc1nc(SC(C)C)nc2c1cnn2CCNC(=O)COc1ccc(Cl)cc1. The zero-order valence-corrected chi connectivity index (χ0v) is 19.5. The number of hydrogen-bond acceptors (Lipinski definition) is 7. The van der Waals surface area contributed by atoms with Crippen molar-refractivity contribution < 1.29 is 9.53 Å². The van der Waals surface area contributed by atoms with Crippen molar-refractivity contribution in [2.75, 3.05) is 25.0 Å². The topological polar surface area (TPSA) is 94.0 Å². The third kappa shape index (κ3) is 6.73. The van der Waals surface area contributed by atoms with Gasteiger partial charge in [0, 0.05) is 23.4 Å². The molecule has 166 valence electrons. The van der Waals surface area contributed by atoms with E-state index in [4.69, 9.17) is 16.3 Å². The van der Waals surface area contributed by atoms with Crippen LogP contribution in [0.1, 0.15) is 27.2 Å². The zero-order chi connectivity index (χ0) is 22.2. The van der Waals surface area contributed by atoms with E-state index in [9.17, 15) is 4.79 Å². The highest BCUT2D eigenvalue weighted by molar-refractivity contribution is 7.99. The lowest BCUT2D eigenvalue weighted by Crippen LogP contribution is -2.31. The Morgan fingerprint density at radius 2 is 2.00 bits per heavy atom. The van der Waals surface area contributed by atoms with E-state index in [1.165, 1.54) is 0 Å². The Kier molecular flexibility index (Phi) is 8.36. The van der Waals surface area contributed by atoms with Crippen molar-refractivity contribution in [2.24, 2.45) is 0 Å². The lowest BCUT2D eigenvalue weighted by molar-refractivity contribution is -0.123. The number of thioether (sulfide) groups is 1. The molecule has 3 aromatic rings. The maximum atomic E-state index is 12.1. The molecule has 0 radical (unpaired) electrons. The number of ether oxygens (including phenoxy) is 1. The summed E-state index contributed by atoms with van der Waals surface area (Å²) >= 11 is 7.45. The van der Waals surface area contributed by atoms with E-state index in [0.717, 1.165) is 29.8 Å². The summed E-state index contributed by atoms with van der Waals surface area (Å²) in [6.07, 6.45) is 2.76. The second-order valence-corrected chi connectivity index (χ2v) is 9.13. The molecule has 2 N–H and O–H groups in total. The minimum atomic E-state index is -0.206. The quantitative estimate of drug-likeness (QED) is 0.328. The number of benzene rings is 1. The molecule has 0 saturated heterocycles. The van der Waals surface area contributed by atoms with Gasteiger partial charge < -0.3 is 15.4 Å². The standard InChI is InChI=1S/C21H27ClN6O2S/c1-4-9-24-19-17-12-25-28(20(17)27-21(26-19)31-14(2)3)11-10-23-18(29)13-30-16-7-5-15(22)6-8-16/h5-8,12,14H,4,9-11,13H2,1-3H3,(H,23,29)(H,24,26,27). The molecule has 0 unspecified atom stereocenters. The number of amides is 1. The van der Waals surface area contributed by atoms with Crippen molar-refractivity contribution in [1.82, 2.24) is 25.1 Å². The first-order valence-electron chi connectivity index (χ1n) is 10.3. The van der Waals surface area contributed by atoms with Crippen LogP contribution in [0.3, 0.4) is 0 Å². The van der Waals surface area contributed by atoms with Crippen molar-refractivity contribution in [1.29, 1.82) is 0 Å². The predicted octanol–water partition coefficient (Wildman–Crippen LogP) is 4.00. The molecule has 0 aliphatic heterocycles. The Morgan fingerprint density at radius 1 is 1.23 bits per heavy atom. The van der Waals surface area contributed by atoms with E-state index in [-0.39, 0.29) is 12.5 Å². The third-order valence-electron chi connectivity index (χ3n) is 4.19. The number of rotatable bonds is 11. The van der Waals surface area contributed by atoms with Crippen LogP contribution in [0.15, 0.2) is 35.6 Å². The molecule has 1 aromatic carbocycles.